The summed E-state index contributed by atoms with van der Waals surface area (Å²) in [6.45, 7) is 0. The zero-order valence-corrected chi connectivity index (χ0v) is 14.0. The van der Waals surface area contributed by atoms with E-state index >= 15 is 0 Å². The van der Waals surface area contributed by atoms with Crippen LogP contribution in [-0.2, 0) is 0 Å². The van der Waals surface area contributed by atoms with Gasteiger partial charge in [0.1, 0.15) is 0 Å². The van der Waals surface area contributed by atoms with Gasteiger partial charge in [-0.1, -0.05) is 0 Å². The third kappa shape index (κ3) is 2.87. The van der Waals surface area contributed by atoms with Gasteiger partial charge in [0.2, 0.25) is 0 Å². The summed E-state index contributed by atoms with van der Waals surface area (Å²) in [7, 11) is 0. The van der Waals surface area contributed by atoms with Gasteiger partial charge in [0, 0.05) is 0 Å². The van der Waals surface area contributed by atoms with E-state index < -0.39 is 19.2 Å². The average molecular weight is 335 g/mol. The summed E-state index contributed by atoms with van der Waals surface area (Å²) in [5, 5.41) is 3.13. The SMILES string of the molecule is [CH3][SnH]([CH3])[P](c1ccccc1)c1ccccc1. The maximum atomic E-state index is 2.52. The molecule has 0 fully saturated rings. The van der Waals surface area contributed by atoms with Crippen LogP contribution in [0.1, 0.15) is 0 Å². The topological polar surface area (TPSA) is 0 Å². The van der Waals surface area contributed by atoms with E-state index in [0.717, 1.165) is 0 Å². The van der Waals surface area contributed by atoms with E-state index in [2.05, 4.69) is 70.5 Å². The molecule has 0 saturated carbocycles. The molecule has 0 heterocycles. The fourth-order valence-corrected chi connectivity index (χ4v) is 17.6. The minimum absolute atomic E-state index is 0.000123. The van der Waals surface area contributed by atoms with Gasteiger partial charge in [-0.05, 0) is 0 Å². The molecule has 0 saturated heterocycles. The van der Waals surface area contributed by atoms with E-state index in [1.807, 2.05) is 0 Å². The van der Waals surface area contributed by atoms with Crippen LogP contribution in [0.5, 0.6) is 0 Å². The zero-order chi connectivity index (χ0) is 11.4. The van der Waals surface area contributed by atoms with Gasteiger partial charge < -0.3 is 0 Å². The van der Waals surface area contributed by atoms with Gasteiger partial charge in [-0.15, -0.1) is 0 Å². The van der Waals surface area contributed by atoms with Gasteiger partial charge in [0.05, 0.1) is 0 Å². The van der Waals surface area contributed by atoms with Crippen LogP contribution in [0.2, 0.25) is 9.88 Å². The molecule has 0 N–H and O–H groups in total. The molecule has 16 heavy (non-hydrogen) atoms. The van der Waals surface area contributed by atoms with E-state index in [1.165, 1.54) is 0 Å². The van der Waals surface area contributed by atoms with Crippen molar-refractivity contribution in [2.45, 2.75) is 9.88 Å². The van der Waals surface area contributed by atoms with Crippen molar-refractivity contribution in [2.24, 2.45) is 0 Å². The predicted molar refractivity (Wildman–Crippen MR) is 77.9 cm³/mol. The van der Waals surface area contributed by atoms with Gasteiger partial charge in [-0.2, -0.15) is 0 Å². The summed E-state index contributed by atoms with van der Waals surface area (Å²) in [6.07, 6.45) is 0. The molecule has 0 aromatic heterocycles. The molecule has 0 radical (unpaired) electrons. The van der Waals surface area contributed by atoms with Crippen molar-refractivity contribution in [1.82, 2.24) is 0 Å². The summed E-state index contributed by atoms with van der Waals surface area (Å²) in [5.74, 6) is 0. The second kappa shape index (κ2) is 5.84. The summed E-state index contributed by atoms with van der Waals surface area (Å²) >= 11 is -1.37. The first kappa shape index (κ1) is 12.1. The van der Waals surface area contributed by atoms with Crippen molar-refractivity contribution >= 4 is 35.4 Å². The number of benzene rings is 2. The van der Waals surface area contributed by atoms with Crippen LogP contribution in [0.25, 0.3) is 0 Å². The minimum atomic E-state index is -1.37. The monoisotopic (exact) mass is 336 g/mol. The van der Waals surface area contributed by atoms with E-state index in [0.29, 0.717) is 0 Å². The summed E-state index contributed by atoms with van der Waals surface area (Å²) in [4.78, 5) is 5.04. The van der Waals surface area contributed by atoms with Crippen molar-refractivity contribution in [3.63, 3.8) is 0 Å². The summed E-state index contributed by atoms with van der Waals surface area (Å²) < 4.78 is 0. The molecule has 0 unspecified atom stereocenters. The van der Waals surface area contributed by atoms with Gasteiger partial charge in [0.15, 0.2) is 0 Å². The van der Waals surface area contributed by atoms with Crippen LogP contribution in [0, 0.1) is 0 Å². The van der Waals surface area contributed by atoms with Crippen molar-refractivity contribution in [3.8, 4) is 0 Å². The van der Waals surface area contributed by atoms with Crippen LogP contribution in [-0.4, -0.2) is 19.2 Å². The number of hydrogen-bond acceptors (Lipinski definition) is 0. The molecule has 0 atom stereocenters. The Bertz CT molecular complexity index is 386. The van der Waals surface area contributed by atoms with Crippen molar-refractivity contribution in [3.05, 3.63) is 60.7 Å². The Hall–Kier alpha value is -0.331. The van der Waals surface area contributed by atoms with E-state index in [4.69, 9.17) is 0 Å². The maximum absolute atomic E-state index is 2.52. The van der Waals surface area contributed by atoms with Gasteiger partial charge in [-0.25, -0.2) is 0 Å². The Morgan fingerprint density at radius 2 is 1.06 bits per heavy atom. The molecule has 2 rings (SSSR count). The van der Waals surface area contributed by atoms with E-state index in [1.54, 1.807) is 10.6 Å². The molecule has 82 valence electrons. The molecule has 0 aliphatic carbocycles. The van der Waals surface area contributed by atoms with Crippen LogP contribution >= 0.6 is 5.57 Å². The van der Waals surface area contributed by atoms with Gasteiger partial charge in [-0.3, -0.25) is 0 Å². The Balaban J connectivity index is 2.40. The van der Waals surface area contributed by atoms with Crippen LogP contribution in [0.15, 0.2) is 60.7 Å². The molecule has 0 spiro atoms. The van der Waals surface area contributed by atoms with Gasteiger partial charge >= 0.3 is 106 Å². The first-order valence-electron chi connectivity index (χ1n) is 5.68. The molecular formula is C14H17PSn. The second-order valence-corrected chi connectivity index (χ2v) is 23.5. The van der Waals surface area contributed by atoms with Crippen LogP contribution in [0.3, 0.4) is 0 Å². The molecule has 0 bridgehead atoms. The van der Waals surface area contributed by atoms with E-state index in [-0.39, 0.29) is 5.57 Å². The number of hydrogen-bond donors (Lipinski definition) is 0. The number of rotatable bonds is 3. The third-order valence-corrected chi connectivity index (χ3v) is 19.3. The molecule has 2 aromatic carbocycles. The molecule has 2 heteroatoms. The van der Waals surface area contributed by atoms with Crippen molar-refractivity contribution < 1.29 is 0 Å². The molecule has 0 aliphatic heterocycles. The van der Waals surface area contributed by atoms with Crippen molar-refractivity contribution in [2.75, 3.05) is 0 Å². The summed E-state index contributed by atoms with van der Waals surface area (Å²) in [6, 6.07) is 22.1. The standard InChI is InChI=1S/C12H10P.2CH3.Sn.H/c1-3-7-11(8-4-1)13-12-9-5-2-6-10-12;;;;/h1-10H;2*1H3;;/q-1;;;+1;. The Morgan fingerprint density at radius 3 is 1.38 bits per heavy atom. The third-order valence-electron chi connectivity index (χ3n) is 2.59. The normalized spacial score (nSPS) is 11.0. The van der Waals surface area contributed by atoms with Gasteiger partial charge in [0.25, 0.3) is 0 Å². The second-order valence-electron chi connectivity index (χ2n) is 4.13. The van der Waals surface area contributed by atoms with Crippen molar-refractivity contribution in [1.29, 1.82) is 0 Å². The quantitative estimate of drug-likeness (QED) is 0.597. The average Bonchev–Trinajstić information content (AvgIpc) is 2.31. The van der Waals surface area contributed by atoms with Crippen LogP contribution in [0.4, 0.5) is 0 Å². The molecular weight excluding hydrogens is 318 g/mol. The molecule has 0 nitrogen and oxygen atoms in total. The summed E-state index contributed by atoms with van der Waals surface area (Å²) in [5.41, 5.74) is 0.000123. The van der Waals surface area contributed by atoms with Crippen LogP contribution < -0.4 is 10.6 Å². The fourth-order valence-electron chi connectivity index (χ4n) is 1.92. The fraction of sp³-hybridized carbons (Fsp3) is 0.143. The van der Waals surface area contributed by atoms with E-state index in [9.17, 15) is 0 Å². The Morgan fingerprint density at radius 1 is 0.688 bits per heavy atom. The molecule has 0 aliphatic rings. The first-order chi connectivity index (χ1) is 7.79. The predicted octanol–water partition coefficient (Wildman–Crippen LogP) is 3.10. The molecule has 0 amide bonds. The zero-order valence-electron chi connectivity index (χ0n) is 9.80. The Kier molecular flexibility index (Phi) is 4.43. The Labute approximate surface area is 106 Å². The molecule has 2 aromatic rings. The first-order valence-corrected chi connectivity index (χ1v) is 18.1.